The number of hydrogen-bond donors (Lipinski definition) is 3. The molecule has 1 fully saturated rings. The minimum Gasteiger partial charge on any atom is -0.388 e. The summed E-state index contributed by atoms with van der Waals surface area (Å²) in [5.74, 6) is 0. The Labute approximate surface area is 96.9 Å². The molecule has 0 radical (unpaired) electrons. The molecule has 3 nitrogen and oxygen atoms in total. The molecule has 1 aromatic rings. The highest BCUT2D eigenvalue weighted by atomic mass is 16.3. The standard InChI is InChI=1S/C13H20N2O/c16-13(6-8-14-9-7-13)11-15-10-12-4-2-1-3-5-12/h1-5,14-16H,6-11H2. The molecule has 0 aliphatic carbocycles. The van der Waals surface area contributed by atoms with Crippen LogP contribution in [0.4, 0.5) is 0 Å². The molecule has 3 heteroatoms. The van der Waals surface area contributed by atoms with Gasteiger partial charge >= 0.3 is 0 Å². The zero-order chi connectivity index (χ0) is 11.3. The predicted molar refractivity (Wildman–Crippen MR) is 65.2 cm³/mol. The first-order chi connectivity index (χ1) is 7.79. The molecule has 1 aliphatic heterocycles. The summed E-state index contributed by atoms with van der Waals surface area (Å²) < 4.78 is 0. The van der Waals surface area contributed by atoms with Crippen molar-refractivity contribution in [1.29, 1.82) is 0 Å². The fourth-order valence-corrected chi connectivity index (χ4v) is 2.10. The summed E-state index contributed by atoms with van der Waals surface area (Å²) in [6.07, 6.45) is 1.68. The molecular formula is C13H20N2O. The summed E-state index contributed by atoms with van der Waals surface area (Å²) in [5, 5.41) is 16.8. The highest BCUT2D eigenvalue weighted by Crippen LogP contribution is 2.16. The topological polar surface area (TPSA) is 44.3 Å². The smallest absolute Gasteiger partial charge is 0.0795 e. The van der Waals surface area contributed by atoms with Gasteiger partial charge < -0.3 is 15.7 Å². The van der Waals surface area contributed by atoms with Gasteiger partial charge in [-0.15, -0.1) is 0 Å². The molecule has 1 aliphatic rings. The first-order valence-electron chi connectivity index (χ1n) is 5.96. The van der Waals surface area contributed by atoms with Crippen LogP contribution in [0.15, 0.2) is 30.3 Å². The van der Waals surface area contributed by atoms with Crippen molar-refractivity contribution in [3.63, 3.8) is 0 Å². The van der Waals surface area contributed by atoms with E-state index in [2.05, 4.69) is 22.8 Å². The molecule has 0 bridgehead atoms. The van der Waals surface area contributed by atoms with E-state index in [1.165, 1.54) is 5.56 Å². The van der Waals surface area contributed by atoms with Gasteiger partial charge in [0.05, 0.1) is 5.60 Å². The number of nitrogens with one attached hydrogen (secondary N) is 2. The molecule has 16 heavy (non-hydrogen) atoms. The van der Waals surface area contributed by atoms with E-state index in [0.717, 1.165) is 32.5 Å². The Bertz CT molecular complexity index is 307. The molecular weight excluding hydrogens is 200 g/mol. The summed E-state index contributed by atoms with van der Waals surface area (Å²) in [5.41, 5.74) is 0.750. The lowest BCUT2D eigenvalue weighted by Gasteiger charge is -2.32. The molecule has 0 aromatic heterocycles. The lowest BCUT2D eigenvalue weighted by atomic mass is 9.92. The Balaban J connectivity index is 1.75. The summed E-state index contributed by atoms with van der Waals surface area (Å²) in [4.78, 5) is 0. The summed E-state index contributed by atoms with van der Waals surface area (Å²) >= 11 is 0. The van der Waals surface area contributed by atoms with Crippen molar-refractivity contribution in [3.05, 3.63) is 35.9 Å². The van der Waals surface area contributed by atoms with E-state index in [-0.39, 0.29) is 0 Å². The Morgan fingerprint density at radius 2 is 1.88 bits per heavy atom. The van der Waals surface area contributed by atoms with E-state index in [1.54, 1.807) is 0 Å². The fourth-order valence-electron chi connectivity index (χ4n) is 2.10. The quantitative estimate of drug-likeness (QED) is 0.706. The van der Waals surface area contributed by atoms with Crippen molar-refractivity contribution in [2.24, 2.45) is 0 Å². The molecule has 1 heterocycles. The van der Waals surface area contributed by atoms with E-state index in [1.807, 2.05) is 18.2 Å². The zero-order valence-corrected chi connectivity index (χ0v) is 9.58. The van der Waals surface area contributed by atoms with Crippen LogP contribution in [0.5, 0.6) is 0 Å². The third-order valence-corrected chi connectivity index (χ3v) is 3.16. The molecule has 1 saturated heterocycles. The second kappa shape index (κ2) is 5.43. The van der Waals surface area contributed by atoms with E-state index in [9.17, 15) is 5.11 Å². The maximum Gasteiger partial charge on any atom is 0.0795 e. The lowest BCUT2D eigenvalue weighted by Crippen LogP contribution is -2.48. The van der Waals surface area contributed by atoms with Crippen LogP contribution in [0.25, 0.3) is 0 Å². The average Bonchev–Trinajstić information content (AvgIpc) is 2.31. The molecule has 0 unspecified atom stereocenters. The van der Waals surface area contributed by atoms with Crippen molar-refractivity contribution in [3.8, 4) is 0 Å². The van der Waals surface area contributed by atoms with Gasteiger partial charge in [0.1, 0.15) is 0 Å². The molecule has 3 N–H and O–H groups in total. The highest BCUT2D eigenvalue weighted by Gasteiger charge is 2.28. The molecule has 0 amide bonds. The van der Waals surface area contributed by atoms with Gasteiger partial charge in [0.15, 0.2) is 0 Å². The lowest BCUT2D eigenvalue weighted by molar-refractivity contribution is 0.0109. The summed E-state index contributed by atoms with van der Waals surface area (Å²) in [6.45, 7) is 3.35. The number of aliphatic hydroxyl groups is 1. The van der Waals surface area contributed by atoms with Crippen molar-refractivity contribution < 1.29 is 5.11 Å². The van der Waals surface area contributed by atoms with Crippen molar-refractivity contribution in [2.75, 3.05) is 19.6 Å². The fraction of sp³-hybridized carbons (Fsp3) is 0.538. The Morgan fingerprint density at radius 3 is 2.56 bits per heavy atom. The van der Waals surface area contributed by atoms with Crippen LogP contribution >= 0.6 is 0 Å². The molecule has 1 aromatic carbocycles. The predicted octanol–water partition coefficient (Wildman–Crippen LogP) is 0.891. The molecule has 0 spiro atoms. The van der Waals surface area contributed by atoms with Crippen molar-refractivity contribution >= 4 is 0 Å². The van der Waals surface area contributed by atoms with Gasteiger partial charge in [-0.25, -0.2) is 0 Å². The van der Waals surface area contributed by atoms with Gasteiger partial charge in [0.2, 0.25) is 0 Å². The van der Waals surface area contributed by atoms with Crippen LogP contribution in [0, 0.1) is 0 Å². The maximum absolute atomic E-state index is 10.2. The van der Waals surface area contributed by atoms with Crippen molar-refractivity contribution in [1.82, 2.24) is 10.6 Å². The van der Waals surface area contributed by atoms with E-state index in [0.29, 0.717) is 6.54 Å². The van der Waals surface area contributed by atoms with Crippen LogP contribution in [0.3, 0.4) is 0 Å². The molecule has 0 atom stereocenters. The Hall–Kier alpha value is -0.900. The molecule has 2 rings (SSSR count). The van der Waals surface area contributed by atoms with Gasteiger partial charge in [-0.1, -0.05) is 30.3 Å². The SMILES string of the molecule is OC1(CNCc2ccccc2)CCNCC1. The maximum atomic E-state index is 10.2. The Kier molecular flexibility index (Phi) is 3.93. The van der Waals surface area contributed by atoms with Crippen LogP contribution in [-0.4, -0.2) is 30.3 Å². The summed E-state index contributed by atoms with van der Waals surface area (Å²) in [6, 6.07) is 10.3. The largest absolute Gasteiger partial charge is 0.388 e. The van der Waals surface area contributed by atoms with Crippen molar-refractivity contribution in [2.45, 2.75) is 25.0 Å². The minimum absolute atomic E-state index is 0.514. The third kappa shape index (κ3) is 3.30. The van der Waals surface area contributed by atoms with E-state index < -0.39 is 5.60 Å². The van der Waals surface area contributed by atoms with E-state index in [4.69, 9.17) is 0 Å². The Morgan fingerprint density at radius 1 is 1.19 bits per heavy atom. The second-order valence-electron chi connectivity index (χ2n) is 4.56. The van der Waals surface area contributed by atoms with Crippen LogP contribution in [0.2, 0.25) is 0 Å². The van der Waals surface area contributed by atoms with Gasteiger partial charge in [0.25, 0.3) is 0 Å². The number of benzene rings is 1. The number of hydrogen-bond acceptors (Lipinski definition) is 3. The first kappa shape index (κ1) is 11.6. The second-order valence-corrected chi connectivity index (χ2v) is 4.56. The first-order valence-corrected chi connectivity index (χ1v) is 5.96. The van der Waals surface area contributed by atoms with Gasteiger partial charge in [0, 0.05) is 13.1 Å². The van der Waals surface area contributed by atoms with Gasteiger partial charge in [-0.2, -0.15) is 0 Å². The zero-order valence-electron chi connectivity index (χ0n) is 9.58. The summed E-state index contributed by atoms with van der Waals surface area (Å²) in [7, 11) is 0. The van der Waals surface area contributed by atoms with Crippen LogP contribution in [0.1, 0.15) is 18.4 Å². The molecule has 0 saturated carbocycles. The van der Waals surface area contributed by atoms with Gasteiger partial charge in [-0.05, 0) is 31.5 Å². The minimum atomic E-state index is -0.514. The van der Waals surface area contributed by atoms with Gasteiger partial charge in [-0.3, -0.25) is 0 Å². The van der Waals surface area contributed by atoms with E-state index >= 15 is 0 Å². The highest BCUT2D eigenvalue weighted by molar-refractivity contribution is 5.14. The number of rotatable bonds is 4. The third-order valence-electron chi connectivity index (χ3n) is 3.16. The van der Waals surface area contributed by atoms with Crippen LogP contribution < -0.4 is 10.6 Å². The average molecular weight is 220 g/mol. The monoisotopic (exact) mass is 220 g/mol. The van der Waals surface area contributed by atoms with Crippen LogP contribution in [-0.2, 0) is 6.54 Å². The number of piperidine rings is 1. The normalized spacial score (nSPS) is 19.6. The molecule has 88 valence electrons.